The van der Waals surface area contributed by atoms with Gasteiger partial charge in [-0.1, -0.05) is 19.9 Å². The van der Waals surface area contributed by atoms with Gasteiger partial charge in [-0.2, -0.15) is 5.26 Å². The summed E-state index contributed by atoms with van der Waals surface area (Å²) >= 11 is 0. The molecule has 1 heterocycles. The maximum atomic E-state index is 9.43. The molecule has 0 bridgehead atoms. The van der Waals surface area contributed by atoms with Gasteiger partial charge >= 0.3 is 0 Å². The summed E-state index contributed by atoms with van der Waals surface area (Å²) in [6.45, 7) is 6.10. The van der Waals surface area contributed by atoms with Crippen molar-refractivity contribution in [3.05, 3.63) is 29.7 Å². The standard InChI is InChI=1S/C14H14N2O/c1-9-16-11-6-10(4-5-12(11)17-9)14(8-15)7-13(14,2)3/h4-6H,7H2,1-3H3. The number of aromatic nitrogens is 1. The summed E-state index contributed by atoms with van der Waals surface area (Å²) in [6, 6.07) is 8.37. The second kappa shape index (κ2) is 2.89. The van der Waals surface area contributed by atoms with Gasteiger partial charge in [0.2, 0.25) is 0 Å². The molecule has 1 aliphatic rings. The van der Waals surface area contributed by atoms with Crippen LogP contribution < -0.4 is 0 Å². The minimum Gasteiger partial charge on any atom is -0.441 e. The molecular formula is C14H14N2O. The molecule has 3 nitrogen and oxygen atoms in total. The van der Waals surface area contributed by atoms with E-state index in [-0.39, 0.29) is 10.8 Å². The van der Waals surface area contributed by atoms with Crippen LogP contribution in [0.15, 0.2) is 22.6 Å². The fourth-order valence-electron chi connectivity index (χ4n) is 2.68. The minimum absolute atomic E-state index is 0.0637. The second-order valence-electron chi connectivity index (χ2n) is 5.49. The van der Waals surface area contributed by atoms with Gasteiger partial charge < -0.3 is 4.42 Å². The molecule has 1 fully saturated rings. The number of rotatable bonds is 1. The average molecular weight is 226 g/mol. The van der Waals surface area contributed by atoms with E-state index in [2.05, 4.69) is 24.9 Å². The van der Waals surface area contributed by atoms with Crippen LogP contribution in [0.2, 0.25) is 0 Å². The molecule has 3 heteroatoms. The molecular weight excluding hydrogens is 212 g/mol. The summed E-state index contributed by atoms with van der Waals surface area (Å²) in [7, 11) is 0. The Balaban J connectivity index is 2.17. The summed E-state index contributed by atoms with van der Waals surface area (Å²) < 4.78 is 5.45. The zero-order valence-corrected chi connectivity index (χ0v) is 10.2. The minimum atomic E-state index is -0.339. The Morgan fingerprint density at radius 3 is 2.71 bits per heavy atom. The van der Waals surface area contributed by atoms with Crippen molar-refractivity contribution in [3.8, 4) is 6.07 Å². The zero-order valence-electron chi connectivity index (χ0n) is 10.2. The zero-order chi connectivity index (χ0) is 12.3. The van der Waals surface area contributed by atoms with Crippen molar-refractivity contribution in [3.63, 3.8) is 0 Å². The number of hydrogen-bond acceptors (Lipinski definition) is 3. The van der Waals surface area contributed by atoms with Gasteiger partial charge in [0.1, 0.15) is 5.52 Å². The summed E-state index contributed by atoms with van der Waals surface area (Å²) in [6.07, 6.45) is 0.916. The van der Waals surface area contributed by atoms with Gasteiger partial charge in [0.25, 0.3) is 0 Å². The third kappa shape index (κ3) is 1.24. The summed E-state index contributed by atoms with van der Waals surface area (Å²) in [5.41, 5.74) is 2.42. The molecule has 1 aromatic heterocycles. The van der Waals surface area contributed by atoms with E-state index < -0.39 is 0 Å². The number of hydrogen-bond donors (Lipinski definition) is 0. The van der Waals surface area contributed by atoms with Crippen LogP contribution in [0.4, 0.5) is 0 Å². The van der Waals surface area contributed by atoms with Crippen molar-refractivity contribution in [1.29, 1.82) is 5.26 Å². The molecule has 0 N–H and O–H groups in total. The smallest absolute Gasteiger partial charge is 0.192 e. The number of nitriles is 1. The number of nitrogens with zero attached hydrogens (tertiary/aromatic N) is 2. The Hall–Kier alpha value is -1.82. The molecule has 86 valence electrons. The van der Waals surface area contributed by atoms with Gasteiger partial charge in [-0.3, -0.25) is 0 Å². The van der Waals surface area contributed by atoms with Crippen LogP contribution in [0.25, 0.3) is 11.1 Å². The van der Waals surface area contributed by atoms with Crippen molar-refractivity contribution >= 4 is 11.1 Å². The summed E-state index contributed by atoms with van der Waals surface area (Å²) in [5.74, 6) is 0.665. The molecule has 0 radical (unpaired) electrons. The topological polar surface area (TPSA) is 49.8 Å². The first-order chi connectivity index (χ1) is 7.98. The average Bonchev–Trinajstić information content (AvgIpc) is 2.65. The third-order valence-corrected chi connectivity index (χ3v) is 3.92. The molecule has 1 atom stereocenters. The lowest BCUT2D eigenvalue weighted by molar-refractivity contribution is 0.560. The lowest BCUT2D eigenvalue weighted by Gasteiger charge is -2.11. The molecule has 0 spiro atoms. The van der Waals surface area contributed by atoms with Gasteiger partial charge in [-0.05, 0) is 29.5 Å². The van der Waals surface area contributed by atoms with Gasteiger partial charge in [0.15, 0.2) is 11.5 Å². The van der Waals surface area contributed by atoms with Crippen LogP contribution >= 0.6 is 0 Å². The van der Waals surface area contributed by atoms with Crippen LogP contribution in [0.5, 0.6) is 0 Å². The van der Waals surface area contributed by atoms with Crippen LogP contribution in [0.3, 0.4) is 0 Å². The highest BCUT2D eigenvalue weighted by Gasteiger charge is 2.63. The van der Waals surface area contributed by atoms with Crippen molar-refractivity contribution in [1.82, 2.24) is 4.98 Å². The van der Waals surface area contributed by atoms with E-state index in [1.54, 1.807) is 0 Å². The largest absolute Gasteiger partial charge is 0.441 e. The SMILES string of the molecule is Cc1nc2cc(C3(C#N)CC3(C)C)ccc2o1. The van der Waals surface area contributed by atoms with Crippen LogP contribution in [0.1, 0.15) is 31.7 Å². The first-order valence-corrected chi connectivity index (χ1v) is 5.77. The number of aryl methyl sites for hydroxylation is 1. The summed E-state index contributed by atoms with van der Waals surface area (Å²) in [4.78, 5) is 4.32. The molecule has 1 aliphatic carbocycles. The first-order valence-electron chi connectivity index (χ1n) is 5.77. The maximum absolute atomic E-state index is 9.43. The van der Waals surface area contributed by atoms with E-state index in [1.807, 2.05) is 25.1 Å². The molecule has 0 aliphatic heterocycles. The third-order valence-electron chi connectivity index (χ3n) is 3.92. The van der Waals surface area contributed by atoms with E-state index in [1.165, 1.54) is 0 Å². The van der Waals surface area contributed by atoms with E-state index >= 15 is 0 Å². The second-order valence-corrected chi connectivity index (χ2v) is 5.49. The fourth-order valence-corrected chi connectivity index (χ4v) is 2.68. The normalized spacial score (nSPS) is 25.8. The predicted octanol–water partition coefficient (Wildman–Crippen LogP) is 3.33. The molecule has 17 heavy (non-hydrogen) atoms. The molecule has 0 saturated heterocycles. The Morgan fingerprint density at radius 1 is 1.41 bits per heavy atom. The van der Waals surface area contributed by atoms with E-state index in [4.69, 9.17) is 4.42 Å². The Labute approximate surface area is 100 Å². The number of fused-ring (bicyclic) bond motifs is 1. The molecule has 2 aromatic rings. The molecule has 1 unspecified atom stereocenters. The monoisotopic (exact) mass is 226 g/mol. The van der Waals surface area contributed by atoms with Crippen LogP contribution in [0, 0.1) is 23.7 Å². The maximum Gasteiger partial charge on any atom is 0.192 e. The van der Waals surface area contributed by atoms with Crippen molar-refractivity contribution < 1.29 is 4.42 Å². The van der Waals surface area contributed by atoms with Gasteiger partial charge in [0.05, 0.1) is 11.5 Å². The molecule has 1 saturated carbocycles. The Morgan fingerprint density at radius 2 is 2.12 bits per heavy atom. The molecule has 3 rings (SSSR count). The number of benzene rings is 1. The fraction of sp³-hybridized carbons (Fsp3) is 0.429. The number of oxazole rings is 1. The van der Waals surface area contributed by atoms with E-state index in [0.29, 0.717) is 5.89 Å². The Kier molecular flexibility index (Phi) is 1.76. The van der Waals surface area contributed by atoms with Gasteiger partial charge in [-0.25, -0.2) is 4.98 Å². The quantitative estimate of drug-likeness (QED) is 0.749. The van der Waals surface area contributed by atoms with Crippen molar-refractivity contribution in [2.75, 3.05) is 0 Å². The van der Waals surface area contributed by atoms with Gasteiger partial charge in [-0.15, -0.1) is 0 Å². The molecule has 0 amide bonds. The highest BCUT2D eigenvalue weighted by atomic mass is 16.3. The lowest BCUT2D eigenvalue weighted by Crippen LogP contribution is -2.11. The highest BCUT2D eigenvalue weighted by molar-refractivity contribution is 5.74. The van der Waals surface area contributed by atoms with Crippen LogP contribution in [-0.2, 0) is 5.41 Å². The first kappa shape index (κ1) is 10.3. The highest BCUT2D eigenvalue weighted by Crippen LogP contribution is 2.64. The van der Waals surface area contributed by atoms with E-state index in [9.17, 15) is 5.26 Å². The predicted molar refractivity (Wildman–Crippen MR) is 64.4 cm³/mol. The lowest BCUT2D eigenvalue weighted by atomic mass is 9.89. The molecule has 1 aromatic carbocycles. The van der Waals surface area contributed by atoms with Crippen molar-refractivity contribution in [2.45, 2.75) is 32.6 Å². The Bertz CT molecular complexity index is 648. The summed E-state index contributed by atoms with van der Waals surface area (Å²) in [5, 5.41) is 9.43. The van der Waals surface area contributed by atoms with Crippen LogP contribution in [-0.4, -0.2) is 4.98 Å². The van der Waals surface area contributed by atoms with E-state index in [0.717, 1.165) is 23.1 Å². The van der Waals surface area contributed by atoms with Crippen molar-refractivity contribution in [2.24, 2.45) is 5.41 Å². The van der Waals surface area contributed by atoms with Gasteiger partial charge in [0, 0.05) is 6.92 Å².